The Kier molecular flexibility index (Phi) is 54.4. The molecule has 0 saturated carbocycles. The molecule has 0 aliphatic heterocycles. The number of hydrogen-bond donors (Lipinski definition) is 0. The van der Waals surface area contributed by atoms with Crippen molar-refractivity contribution >= 4 is 13.8 Å². The average molecular weight is 1020 g/mol. The minimum atomic E-state index is -4.53. The van der Waals surface area contributed by atoms with Crippen molar-refractivity contribution in [2.75, 3.05) is 54.1 Å². The molecule has 0 fully saturated rings. The van der Waals surface area contributed by atoms with Crippen LogP contribution in [-0.2, 0) is 27.9 Å². The molecule has 0 aromatic heterocycles. The van der Waals surface area contributed by atoms with E-state index < -0.39 is 13.9 Å². The lowest BCUT2D eigenvalue weighted by Crippen LogP contribution is -2.37. The summed E-state index contributed by atoms with van der Waals surface area (Å²) < 4.78 is 34.9. The minimum absolute atomic E-state index is 0.0286. The number of likely N-dealkylation sites (N-methyl/N-ethyl adjacent to an activating group) is 1. The third-order valence-electron chi connectivity index (χ3n) is 14.0. The molecule has 0 N–H and O–H groups in total. The zero-order chi connectivity index (χ0) is 51.9. The molecule has 8 nitrogen and oxygen atoms in total. The minimum Gasteiger partial charge on any atom is -0.756 e. The largest absolute Gasteiger partial charge is 0.756 e. The third kappa shape index (κ3) is 59.7. The van der Waals surface area contributed by atoms with E-state index in [9.17, 15) is 14.3 Å². The van der Waals surface area contributed by atoms with Crippen LogP contribution in [0.5, 0.6) is 0 Å². The first-order valence-corrected chi connectivity index (χ1v) is 32.5. The Morgan fingerprint density at radius 1 is 0.423 bits per heavy atom. The number of unbranched alkanes of at least 4 members (excludes halogenated alkanes) is 41. The molecule has 0 aliphatic carbocycles. The van der Waals surface area contributed by atoms with Crippen LogP contribution in [0.2, 0.25) is 0 Å². The van der Waals surface area contributed by atoms with E-state index in [0.29, 0.717) is 24.1 Å². The number of nitrogens with zero attached hydrogens (tertiary/aromatic N) is 1. The highest BCUT2D eigenvalue weighted by molar-refractivity contribution is 7.45. The summed E-state index contributed by atoms with van der Waals surface area (Å²) in [4.78, 5) is 25.3. The molecule has 0 aliphatic rings. The molecule has 2 atom stereocenters. The highest BCUT2D eigenvalue weighted by Crippen LogP contribution is 2.38. The molecule has 9 heteroatoms. The van der Waals surface area contributed by atoms with E-state index in [0.717, 1.165) is 32.1 Å². The lowest BCUT2D eigenvalue weighted by molar-refractivity contribution is -0.870. The van der Waals surface area contributed by atoms with Crippen molar-refractivity contribution < 1.29 is 37.3 Å². The molecule has 2 unspecified atom stereocenters. The van der Waals surface area contributed by atoms with Gasteiger partial charge in [0.2, 0.25) is 0 Å². The van der Waals surface area contributed by atoms with Gasteiger partial charge in [-0.15, -0.1) is 0 Å². The number of rotatable bonds is 59. The number of allylic oxidation sites excluding steroid dienone is 4. The number of carbonyl (C=O) groups excluding carboxylic acids is 1. The van der Waals surface area contributed by atoms with Gasteiger partial charge in [-0.05, 0) is 64.2 Å². The maximum Gasteiger partial charge on any atom is 0.306 e. The Bertz CT molecular complexity index is 1190. The summed E-state index contributed by atoms with van der Waals surface area (Å²) in [6, 6.07) is 0. The normalized spacial score (nSPS) is 13.5. The van der Waals surface area contributed by atoms with Crippen LogP contribution in [0.3, 0.4) is 0 Å². The number of esters is 1. The molecule has 0 aromatic rings. The summed E-state index contributed by atoms with van der Waals surface area (Å²) in [7, 11) is 1.37. The number of carbonyl (C=O) groups is 1. The quantitative estimate of drug-likeness (QED) is 0.0197. The van der Waals surface area contributed by atoms with Crippen molar-refractivity contribution in [2.45, 2.75) is 315 Å². The molecular weight excluding hydrogens is 902 g/mol. The fourth-order valence-electron chi connectivity index (χ4n) is 9.19. The van der Waals surface area contributed by atoms with E-state index in [1.807, 2.05) is 21.1 Å². The van der Waals surface area contributed by atoms with Crippen molar-refractivity contribution in [2.24, 2.45) is 0 Å². The maximum absolute atomic E-state index is 12.8. The predicted molar refractivity (Wildman–Crippen MR) is 305 cm³/mol. The van der Waals surface area contributed by atoms with Gasteiger partial charge in [-0.2, -0.15) is 0 Å². The summed E-state index contributed by atoms with van der Waals surface area (Å²) in [5.74, 6) is -0.327. The van der Waals surface area contributed by atoms with Gasteiger partial charge in [0.1, 0.15) is 19.3 Å². The van der Waals surface area contributed by atoms with Crippen molar-refractivity contribution in [3.8, 4) is 0 Å². The number of quaternary nitrogens is 1. The molecule has 0 radical (unpaired) electrons. The van der Waals surface area contributed by atoms with Crippen molar-refractivity contribution in [1.82, 2.24) is 0 Å². The smallest absolute Gasteiger partial charge is 0.306 e. The number of phosphoric acid groups is 1. The van der Waals surface area contributed by atoms with E-state index in [2.05, 4.69) is 38.2 Å². The van der Waals surface area contributed by atoms with Gasteiger partial charge in [0.05, 0.1) is 34.4 Å². The van der Waals surface area contributed by atoms with Gasteiger partial charge in [-0.25, -0.2) is 0 Å². The molecule has 0 heterocycles. The fourth-order valence-corrected chi connectivity index (χ4v) is 9.92. The van der Waals surface area contributed by atoms with Crippen LogP contribution >= 0.6 is 7.82 Å². The second-order valence-corrected chi connectivity index (χ2v) is 23.8. The Balaban J connectivity index is 4.00. The predicted octanol–water partition coefficient (Wildman–Crippen LogP) is 19.2. The molecule has 0 saturated heterocycles. The molecule has 0 spiro atoms. The third-order valence-corrected chi connectivity index (χ3v) is 14.9. The second kappa shape index (κ2) is 55.2. The maximum atomic E-state index is 12.8. The van der Waals surface area contributed by atoms with Gasteiger partial charge < -0.3 is 27.9 Å². The summed E-state index contributed by atoms with van der Waals surface area (Å²) in [5.41, 5.74) is 0. The lowest BCUT2D eigenvalue weighted by atomic mass is 10.0. The lowest BCUT2D eigenvalue weighted by Gasteiger charge is -2.28. The van der Waals surface area contributed by atoms with E-state index in [1.165, 1.54) is 257 Å². The highest BCUT2D eigenvalue weighted by atomic mass is 31.2. The molecule has 422 valence electrons. The first-order valence-electron chi connectivity index (χ1n) is 31.1. The first-order chi connectivity index (χ1) is 34.6. The number of hydrogen-bond acceptors (Lipinski definition) is 7. The molecule has 71 heavy (non-hydrogen) atoms. The summed E-state index contributed by atoms with van der Waals surface area (Å²) in [6.07, 6.45) is 68.0. The van der Waals surface area contributed by atoms with Gasteiger partial charge in [0, 0.05) is 13.0 Å². The van der Waals surface area contributed by atoms with Crippen LogP contribution < -0.4 is 4.89 Å². The second-order valence-electron chi connectivity index (χ2n) is 22.4. The van der Waals surface area contributed by atoms with Crippen LogP contribution in [0.15, 0.2) is 24.3 Å². The molecule has 0 rings (SSSR count). The van der Waals surface area contributed by atoms with Crippen molar-refractivity contribution in [3.05, 3.63) is 24.3 Å². The topological polar surface area (TPSA) is 94.1 Å². The number of ether oxygens (including phenoxy) is 2. The van der Waals surface area contributed by atoms with Crippen LogP contribution in [0, 0.1) is 0 Å². The molecular formula is C62H122NO7P. The Morgan fingerprint density at radius 3 is 1.07 bits per heavy atom. The SMILES string of the molecule is CCCCCCCCCC/C=C\CCCCCCCCCCCCCCCC(=O)OC(COCCCCCCCCCCCCCC/C=C\CCCCCCCCCC)COP(=O)([O-])OCC[N+](C)(C)C. The van der Waals surface area contributed by atoms with E-state index in [4.69, 9.17) is 18.5 Å². The summed E-state index contributed by atoms with van der Waals surface area (Å²) >= 11 is 0. The van der Waals surface area contributed by atoms with Gasteiger partial charge in [-0.3, -0.25) is 9.36 Å². The van der Waals surface area contributed by atoms with Crippen LogP contribution in [0.1, 0.15) is 309 Å². The zero-order valence-corrected chi connectivity index (χ0v) is 49.1. The molecule has 0 aromatic carbocycles. The first kappa shape index (κ1) is 70.0. The summed E-state index contributed by atoms with van der Waals surface area (Å²) in [5, 5.41) is 0. The van der Waals surface area contributed by atoms with Gasteiger partial charge in [0.15, 0.2) is 0 Å². The zero-order valence-electron chi connectivity index (χ0n) is 48.2. The summed E-state index contributed by atoms with van der Waals surface area (Å²) in [6.45, 7) is 5.48. The van der Waals surface area contributed by atoms with Crippen LogP contribution in [0.25, 0.3) is 0 Å². The van der Waals surface area contributed by atoms with Crippen molar-refractivity contribution in [3.63, 3.8) is 0 Å². The van der Waals surface area contributed by atoms with Gasteiger partial charge in [-0.1, -0.05) is 263 Å². The van der Waals surface area contributed by atoms with E-state index >= 15 is 0 Å². The Labute approximate surface area is 443 Å². The monoisotopic (exact) mass is 1020 g/mol. The fraction of sp³-hybridized carbons (Fsp3) is 0.919. The molecule has 0 amide bonds. The Hall–Kier alpha value is -1.02. The van der Waals surface area contributed by atoms with Gasteiger partial charge >= 0.3 is 5.97 Å². The van der Waals surface area contributed by atoms with Gasteiger partial charge in [0.25, 0.3) is 7.82 Å². The van der Waals surface area contributed by atoms with E-state index in [-0.39, 0.29) is 25.8 Å². The standard InChI is InChI=1S/C62H122NO7P/c1-6-8-10-12-14-16-18-20-22-24-26-28-30-32-33-35-37-39-41-43-45-47-49-51-53-55-62(64)70-61(60-69-71(65,66)68-58-56-63(3,4)5)59-67-57-54-52-50-48-46-44-42-40-38-36-34-31-29-27-25-23-21-19-17-15-13-11-9-7-2/h24-27,61H,6-23,28-60H2,1-5H3/b26-24-,27-25-. The average Bonchev–Trinajstić information content (AvgIpc) is 3.33. The highest BCUT2D eigenvalue weighted by Gasteiger charge is 2.20. The molecule has 0 bridgehead atoms. The Morgan fingerprint density at radius 2 is 0.732 bits per heavy atom. The van der Waals surface area contributed by atoms with E-state index in [1.54, 1.807) is 0 Å². The van der Waals surface area contributed by atoms with Crippen LogP contribution in [-0.4, -0.2) is 70.7 Å². The van der Waals surface area contributed by atoms with Crippen molar-refractivity contribution in [1.29, 1.82) is 0 Å². The van der Waals surface area contributed by atoms with Crippen LogP contribution in [0.4, 0.5) is 0 Å². The number of phosphoric ester groups is 1.